The van der Waals surface area contributed by atoms with Crippen molar-refractivity contribution >= 4 is 10.9 Å². The van der Waals surface area contributed by atoms with Gasteiger partial charge in [-0.2, -0.15) is 0 Å². The van der Waals surface area contributed by atoms with Gasteiger partial charge in [0, 0.05) is 30.1 Å². The first-order chi connectivity index (χ1) is 12.1. The maximum Gasteiger partial charge on any atom is 0.119 e. The molecule has 0 radical (unpaired) electrons. The van der Waals surface area contributed by atoms with E-state index in [0.717, 1.165) is 48.1 Å². The number of hydrogen-bond acceptors (Lipinski definition) is 5. The van der Waals surface area contributed by atoms with Crippen LogP contribution < -0.4 is 4.74 Å². The van der Waals surface area contributed by atoms with Crippen LogP contribution in [0.15, 0.2) is 30.5 Å². The fourth-order valence-electron chi connectivity index (χ4n) is 4.72. The summed E-state index contributed by atoms with van der Waals surface area (Å²) in [5, 5.41) is 22.2. The number of hydrogen-bond donors (Lipinski definition) is 2. The summed E-state index contributed by atoms with van der Waals surface area (Å²) in [7, 11) is 1.65. The molecule has 2 bridgehead atoms. The van der Waals surface area contributed by atoms with Gasteiger partial charge in [-0.05, 0) is 62.1 Å². The number of rotatable bonds is 4. The van der Waals surface area contributed by atoms with Crippen LogP contribution in [0.5, 0.6) is 5.75 Å². The Morgan fingerprint density at radius 2 is 2.12 bits per heavy atom. The van der Waals surface area contributed by atoms with Gasteiger partial charge in [-0.3, -0.25) is 9.88 Å². The quantitative estimate of drug-likeness (QED) is 0.893. The first kappa shape index (κ1) is 16.8. The van der Waals surface area contributed by atoms with E-state index in [4.69, 9.17) is 4.74 Å². The number of nitrogens with zero attached hydrogens (tertiary/aromatic N) is 2. The van der Waals surface area contributed by atoms with Gasteiger partial charge in [-0.1, -0.05) is 0 Å². The number of aliphatic hydroxyl groups excluding tert-OH is 2. The zero-order valence-electron chi connectivity index (χ0n) is 14.8. The lowest BCUT2D eigenvalue weighted by molar-refractivity contribution is -0.0844. The maximum absolute atomic E-state index is 11.2. The highest BCUT2D eigenvalue weighted by Gasteiger charge is 2.44. The molecule has 2 unspecified atom stereocenters. The van der Waals surface area contributed by atoms with Gasteiger partial charge in [0.15, 0.2) is 0 Å². The highest BCUT2D eigenvalue weighted by atomic mass is 16.5. The minimum Gasteiger partial charge on any atom is -0.497 e. The first-order valence-corrected chi connectivity index (χ1v) is 9.11. The van der Waals surface area contributed by atoms with Crippen LogP contribution in [-0.2, 0) is 0 Å². The van der Waals surface area contributed by atoms with E-state index >= 15 is 0 Å². The monoisotopic (exact) mass is 342 g/mol. The summed E-state index contributed by atoms with van der Waals surface area (Å²) in [5.74, 6) is 1.59. The third kappa shape index (κ3) is 2.90. The van der Waals surface area contributed by atoms with Gasteiger partial charge in [-0.25, -0.2) is 0 Å². The molecule has 5 rings (SSSR count). The zero-order valence-corrected chi connectivity index (χ0v) is 14.8. The Bertz CT molecular complexity index is 764. The fraction of sp³-hybridized carbons (Fsp3) is 0.550. The molecule has 2 aromatic rings. The number of aromatic nitrogens is 1. The van der Waals surface area contributed by atoms with Crippen LogP contribution in [0.3, 0.4) is 0 Å². The Hall–Kier alpha value is -1.69. The Morgan fingerprint density at radius 3 is 2.80 bits per heavy atom. The second kappa shape index (κ2) is 6.56. The van der Waals surface area contributed by atoms with Crippen LogP contribution in [0.2, 0.25) is 0 Å². The number of piperidine rings is 3. The highest BCUT2D eigenvalue weighted by Crippen LogP contribution is 2.42. The lowest BCUT2D eigenvalue weighted by Crippen LogP contribution is -2.57. The van der Waals surface area contributed by atoms with Crippen molar-refractivity contribution in [2.24, 2.45) is 11.8 Å². The van der Waals surface area contributed by atoms with E-state index in [1.54, 1.807) is 13.3 Å². The number of fused-ring (bicyclic) bond motifs is 4. The van der Waals surface area contributed by atoms with Gasteiger partial charge in [0.25, 0.3) is 0 Å². The average Bonchev–Trinajstić information content (AvgIpc) is 2.66. The van der Waals surface area contributed by atoms with E-state index < -0.39 is 6.10 Å². The number of benzene rings is 1. The van der Waals surface area contributed by atoms with Crippen LogP contribution in [0.25, 0.3) is 10.9 Å². The maximum atomic E-state index is 11.2. The van der Waals surface area contributed by atoms with Gasteiger partial charge in [0.2, 0.25) is 0 Å². The number of pyridine rings is 1. The van der Waals surface area contributed by atoms with Crippen LogP contribution in [0.1, 0.15) is 31.4 Å². The van der Waals surface area contributed by atoms with E-state index in [1.807, 2.05) is 31.2 Å². The van der Waals surface area contributed by atoms with E-state index in [-0.39, 0.29) is 12.1 Å². The zero-order chi connectivity index (χ0) is 17.6. The molecule has 134 valence electrons. The van der Waals surface area contributed by atoms with Gasteiger partial charge in [0.1, 0.15) is 5.75 Å². The van der Waals surface area contributed by atoms with Crippen LogP contribution in [0.4, 0.5) is 0 Å². The standard InChI is InChI=1S/C20H26N2O3/c1-12(23)17-11-22-8-6-13(17)9-19(22)20(24)15-5-7-21-18-4-3-14(25-2)10-16(15)18/h3-5,7,10,12-13,17,19-20,23-24H,6,8-9,11H2,1-2H3/t12?,13-,17+,19-,20-/m0/s1. The predicted molar refractivity (Wildman–Crippen MR) is 96.5 cm³/mol. The third-order valence-electron chi connectivity index (χ3n) is 6.14. The topological polar surface area (TPSA) is 65.8 Å². The molecule has 0 aliphatic carbocycles. The summed E-state index contributed by atoms with van der Waals surface area (Å²) in [6.45, 7) is 3.76. The van der Waals surface area contributed by atoms with Crippen molar-refractivity contribution in [2.45, 2.75) is 38.0 Å². The van der Waals surface area contributed by atoms with E-state index in [9.17, 15) is 10.2 Å². The number of aliphatic hydroxyl groups is 2. The van der Waals surface area contributed by atoms with E-state index in [1.165, 1.54) is 0 Å². The molecular weight excluding hydrogens is 316 g/mol. The molecule has 25 heavy (non-hydrogen) atoms. The van der Waals surface area contributed by atoms with E-state index in [0.29, 0.717) is 11.8 Å². The molecule has 5 nitrogen and oxygen atoms in total. The summed E-state index contributed by atoms with van der Waals surface area (Å²) >= 11 is 0. The van der Waals surface area contributed by atoms with Gasteiger partial charge in [-0.15, -0.1) is 0 Å². The van der Waals surface area contributed by atoms with Gasteiger partial charge in [0.05, 0.1) is 24.8 Å². The molecule has 5 heteroatoms. The molecule has 3 saturated heterocycles. The summed E-state index contributed by atoms with van der Waals surface area (Å²) in [4.78, 5) is 6.77. The van der Waals surface area contributed by atoms with Crippen molar-refractivity contribution in [2.75, 3.05) is 20.2 Å². The van der Waals surface area contributed by atoms with Gasteiger partial charge >= 0.3 is 0 Å². The molecule has 3 aliphatic rings. The molecule has 0 spiro atoms. The summed E-state index contributed by atoms with van der Waals surface area (Å²) < 4.78 is 5.34. The molecule has 2 N–H and O–H groups in total. The highest BCUT2D eigenvalue weighted by molar-refractivity contribution is 5.83. The normalized spacial score (nSPS) is 31.0. The van der Waals surface area contributed by atoms with Crippen molar-refractivity contribution in [3.8, 4) is 5.75 Å². The van der Waals surface area contributed by atoms with Crippen molar-refractivity contribution in [1.29, 1.82) is 0 Å². The molecule has 0 saturated carbocycles. The molecule has 0 amide bonds. The first-order valence-electron chi connectivity index (χ1n) is 9.11. The SMILES string of the molecule is COc1ccc2nccc([C@H](O)[C@@H]3C[C@@H]4CCN3C[C@@H]4C(C)O)c2c1. The molecule has 1 aromatic carbocycles. The average molecular weight is 342 g/mol. The molecular formula is C20H26N2O3. The summed E-state index contributed by atoms with van der Waals surface area (Å²) in [6.07, 6.45) is 2.98. The van der Waals surface area contributed by atoms with Crippen LogP contribution in [0, 0.1) is 11.8 Å². The molecule has 6 atom stereocenters. The Morgan fingerprint density at radius 1 is 1.28 bits per heavy atom. The predicted octanol–water partition coefficient (Wildman–Crippen LogP) is 2.37. The summed E-state index contributed by atoms with van der Waals surface area (Å²) in [5.41, 5.74) is 1.78. The number of ether oxygens (including phenoxy) is 1. The third-order valence-corrected chi connectivity index (χ3v) is 6.14. The van der Waals surface area contributed by atoms with Crippen molar-refractivity contribution in [3.05, 3.63) is 36.0 Å². The number of methoxy groups -OCH3 is 1. The van der Waals surface area contributed by atoms with Crippen LogP contribution in [-0.4, -0.2) is 52.4 Å². The summed E-state index contributed by atoms with van der Waals surface area (Å²) in [6, 6.07) is 7.80. The Labute approximate surface area is 148 Å². The largest absolute Gasteiger partial charge is 0.497 e. The molecule has 3 aliphatic heterocycles. The second-order valence-electron chi connectivity index (χ2n) is 7.48. The van der Waals surface area contributed by atoms with Crippen molar-refractivity contribution in [1.82, 2.24) is 9.88 Å². The smallest absolute Gasteiger partial charge is 0.119 e. The second-order valence-corrected chi connectivity index (χ2v) is 7.48. The van der Waals surface area contributed by atoms with E-state index in [2.05, 4.69) is 9.88 Å². The lowest BCUT2D eigenvalue weighted by Gasteiger charge is -2.52. The minimum atomic E-state index is -0.560. The molecule has 4 heterocycles. The fourth-order valence-corrected chi connectivity index (χ4v) is 4.72. The van der Waals surface area contributed by atoms with Gasteiger partial charge < -0.3 is 14.9 Å². The lowest BCUT2D eigenvalue weighted by atomic mass is 9.72. The van der Waals surface area contributed by atoms with Crippen LogP contribution >= 0.6 is 0 Å². The Balaban J connectivity index is 1.66. The van der Waals surface area contributed by atoms with Crippen molar-refractivity contribution in [3.63, 3.8) is 0 Å². The molecule has 3 fully saturated rings. The van der Waals surface area contributed by atoms with Crippen molar-refractivity contribution < 1.29 is 14.9 Å². The minimum absolute atomic E-state index is 0.102. The molecule has 1 aromatic heterocycles. The Kier molecular flexibility index (Phi) is 4.40.